The predicted molar refractivity (Wildman–Crippen MR) is 160 cm³/mol. The molecule has 41 heavy (non-hydrogen) atoms. The number of methoxy groups -OCH3 is 2. The van der Waals surface area contributed by atoms with Crippen LogP contribution in [0.2, 0.25) is 5.02 Å². The lowest BCUT2D eigenvalue weighted by Crippen LogP contribution is -2.51. The molecule has 3 aromatic carbocycles. The molecule has 0 fully saturated rings. The van der Waals surface area contributed by atoms with Crippen molar-refractivity contribution in [1.29, 1.82) is 0 Å². The smallest absolute Gasteiger partial charge is 0.264 e. The van der Waals surface area contributed by atoms with E-state index in [-0.39, 0.29) is 34.7 Å². The molecule has 3 rings (SSSR count). The van der Waals surface area contributed by atoms with Crippen molar-refractivity contribution < 1.29 is 27.5 Å². The fraction of sp³-hybridized carbons (Fsp3) is 0.333. The first-order valence-electron chi connectivity index (χ1n) is 13.1. The molecule has 1 N–H and O–H groups in total. The molecule has 0 aliphatic rings. The third-order valence-corrected chi connectivity index (χ3v) is 8.38. The van der Waals surface area contributed by atoms with Crippen LogP contribution in [0.5, 0.6) is 11.5 Å². The van der Waals surface area contributed by atoms with Gasteiger partial charge in [-0.2, -0.15) is 0 Å². The number of hydrogen-bond acceptors (Lipinski definition) is 6. The van der Waals surface area contributed by atoms with Gasteiger partial charge >= 0.3 is 0 Å². The van der Waals surface area contributed by atoms with E-state index in [9.17, 15) is 18.0 Å². The Morgan fingerprint density at radius 2 is 1.61 bits per heavy atom. The summed E-state index contributed by atoms with van der Waals surface area (Å²) in [6.07, 6.45) is 0. The second-order valence-electron chi connectivity index (χ2n) is 9.83. The number of halogens is 1. The lowest BCUT2D eigenvalue weighted by molar-refractivity contribution is -0.139. The molecule has 0 aliphatic carbocycles. The number of nitrogens with zero attached hydrogens (tertiary/aromatic N) is 2. The van der Waals surface area contributed by atoms with Crippen molar-refractivity contribution in [2.45, 2.75) is 38.3 Å². The Bertz CT molecular complexity index is 1450. The fourth-order valence-electron chi connectivity index (χ4n) is 4.09. The van der Waals surface area contributed by atoms with E-state index in [4.69, 9.17) is 21.1 Å². The minimum Gasteiger partial charge on any atom is -0.497 e. The Labute approximate surface area is 247 Å². The van der Waals surface area contributed by atoms with Crippen molar-refractivity contribution in [3.05, 3.63) is 83.4 Å². The lowest BCUT2D eigenvalue weighted by atomic mass is 10.1. The van der Waals surface area contributed by atoms with Gasteiger partial charge in [-0.05, 0) is 66.9 Å². The Morgan fingerprint density at radius 3 is 2.22 bits per heavy atom. The van der Waals surface area contributed by atoms with Gasteiger partial charge in [-0.15, -0.1) is 0 Å². The molecule has 220 valence electrons. The summed E-state index contributed by atoms with van der Waals surface area (Å²) in [6, 6.07) is 18.5. The molecule has 0 bridgehead atoms. The molecule has 0 aliphatic heterocycles. The van der Waals surface area contributed by atoms with Crippen LogP contribution in [0.25, 0.3) is 0 Å². The molecule has 11 heteroatoms. The van der Waals surface area contributed by atoms with Crippen LogP contribution in [0.15, 0.2) is 77.7 Å². The third-order valence-electron chi connectivity index (χ3n) is 6.37. The normalized spacial score (nSPS) is 12.0. The summed E-state index contributed by atoms with van der Waals surface area (Å²) in [5.74, 6) is 0.0225. The van der Waals surface area contributed by atoms with Crippen LogP contribution < -0.4 is 19.1 Å². The molecule has 0 spiro atoms. The summed E-state index contributed by atoms with van der Waals surface area (Å²) in [6.45, 7) is 5.43. The van der Waals surface area contributed by atoms with E-state index in [0.29, 0.717) is 22.9 Å². The number of ether oxygens (including phenoxy) is 2. The van der Waals surface area contributed by atoms with Gasteiger partial charge in [-0.1, -0.05) is 49.7 Å². The molecule has 0 saturated heterocycles. The standard InChI is InChI=1S/C30H36ClN3O6S/c1-21(2)18-32-30(36)22(3)33(19-23-9-8-10-24(31)17-23)29(35)20-34(27-11-6-7-12-28(27)40-5)41(37,38)26-15-13-25(39-4)14-16-26/h6-17,21-22H,18-20H2,1-5H3,(H,32,36)/t22-/m0/s1. The van der Waals surface area contributed by atoms with Crippen LogP contribution in [0.1, 0.15) is 26.3 Å². The van der Waals surface area contributed by atoms with Gasteiger partial charge in [-0.25, -0.2) is 8.42 Å². The number of carbonyl (C=O) groups is 2. The Balaban J connectivity index is 2.05. The molecular formula is C30H36ClN3O6S. The Kier molecular flexibility index (Phi) is 11.0. The number of anilines is 1. The molecule has 0 saturated carbocycles. The van der Waals surface area contributed by atoms with Crippen molar-refractivity contribution in [2.24, 2.45) is 5.92 Å². The predicted octanol–water partition coefficient (Wildman–Crippen LogP) is 4.74. The van der Waals surface area contributed by atoms with Gasteiger partial charge in [0, 0.05) is 18.1 Å². The maximum atomic E-state index is 14.0. The van der Waals surface area contributed by atoms with E-state index in [1.54, 1.807) is 55.5 Å². The number of para-hydroxylation sites is 2. The van der Waals surface area contributed by atoms with Crippen molar-refractivity contribution >= 4 is 39.1 Å². The Hall–Kier alpha value is -3.76. The summed E-state index contributed by atoms with van der Waals surface area (Å²) in [4.78, 5) is 28.4. The zero-order valence-electron chi connectivity index (χ0n) is 23.8. The minimum absolute atomic E-state index is 0.0397. The zero-order chi connectivity index (χ0) is 30.2. The van der Waals surface area contributed by atoms with Gasteiger partial charge in [-0.3, -0.25) is 13.9 Å². The maximum Gasteiger partial charge on any atom is 0.264 e. The first kappa shape index (κ1) is 31.8. The molecule has 1 atom stereocenters. The Morgan fingerprint density at radius 1 is 0.927 bits per heavy atom. The number of nitrogens with one attached hydrogen (secondary N) is 1. The van der Waals surface area contributed by atoms with Gasteiger partial charge in [0.25, 0.3) is 10.0 Å². The highest BCUT2D eigenvalue weighted by Crippen LogP contribution is 2.33. The van der Waals surface area contributed by atoms with Gasteiger partial charge in [0.15, 0.2) is 0 Å². The van der Waals surface area contributed by atoms with Gasteiger partial charge in [0.05, 0.1) is 24.8 Å². The number of amides is 2. The summed E-state index contributed by atoms with van der Waals surface area (Å²) in [7, 11) is -1.35. The fourth-order valence-corrected chi connectivity index (χ4v) is 5.73. The van der Waals surface area contributed by atoms with E-state index in [2.05, 4.69) is 5.32 Å². The number of benzene rings is 3. The summed E-state index contributed by atoms with van der Waals surface area (Å²) in [5.41, 5.74) is 0.870. The summed E-state index contributed by atoms with van der Waals surface area (Å²) in [5, 5.41) is 3.34. The van der Waals surface area contributed by atoms with Crippen molar-refractivity contribution in [3.8, 4) is 11.5 Å². The van der Waals surface area contributed by atoms with E-state index in [1.807, 2.05) is 13.8 Å². The second kappa shape index (κ2) is 14.2. The van der Waals surface area contributed by atoms with Crippen LogP contribution in [-0.4, -0.2) is 58.5 Å². The van der Waals surface area contributed by atoms with Crippen molar-refractivity contribution in [3.63, 3.8) is 0 Å². The van der Waals surface area contributed by atoms with E-state index < -0.39 is 28.5 Å². The lowest BCUT2D eigenvalue weighted by Gasteiger charge is -2.32. The molecule has 9 nitrogen and oxygen atoms in total. The van der Waals surface area contributed by atoms with Crippen LogP contribution >= 0.6 is 11.6 Å². The molecular weight excluding hydrogens is 566 g/mol. The van der Waals surface area contributed by atoms with E-state index in [0.717, 1.165) is 4.31 Å². The highest BCUT2D eigenvalue weighted by Gasteiger charge is 2.33. The zero-order valence-corrected chi connectivity index (χ0v) is 25.4. The molecule has 0 aromatic heterocycles. The molecule has 0 radical (unpaired) electrons. The summed E-state index contributed by atoms with van der Waals surface area (Å²) >= 11 is 6.19. The number of hydrogen-bond donors (Lipinski definition) is 1. The first-order chi connectivity index (χ1) is 19.5. The third kappa shape index (κ3) is 8.14. The second-order valence-corrected chi connectivity index (χ2v) is 12.1. The average Bonchev–Trinajstić information content (AvgIpc) is 2.96. The topological polar surface area (TPSA) is 105 Å². The van der Waals surface area contributed by atoms with Crippen LogP contribution in [0, 0.1) is 5.92 Å². The number of rotatable bonds is 13. The highest BCUT2D eigenvalue weighted by atomic mass is 35.5. The molecule has 3 aromatic rings. The SMILES string of the molecule is COc1ccc(S(=O)(=O)N(CC(=O)N(Cc2cccc(Cl)c2)[C@@H](C)C(=O)NCC(C)C)c2ccccc2OC)cc1. The monoisotopic (exact) mass is 601 g/mol. The van der Waals surface area contributed by atoms with Gasteiger partial charge in [0.2, 0.25) is 11.8 Å². The first-order valence-corrected chi connectivity index (χ1v) is 14.9. The quantitative estimate of drug-likeness (QED) is 0.303. The van der Waals surface area contributed by atoms with Gasteiger partial charge in [0.1, 0.15) is 24.1 Å². The molecule has 0 heterocycles. The van der Waals surface area contributed by atoms with E-state index >= 15 is 0 Å². The largest absolute Gasteiger partial charge is 0.497 e. The van der Waals surface area contributed by atoms with Crippen LogP contribution in [-0.2, 0) is 26.2 Å². The van der Waals surface area contributed by atoms with E-state index in [1.165, 1.54) is 43.4 Å². The van der Waals surface area contributed by atoms with Crippen molar-refractivity contribution in [1.82, 2.24) is 10.2 Å². The number of carbonyl (C=O) groups excluding carboxylic acids is 2. The molecule has 2 amide bonds. The minimum atomic E-state index is -4.26. The van der Waals surface area contributed by atoms with Crippen LogP contribution in [0.4, 0.5) is 5.69 Å². The molecule has 0 unspecified atom stereocenters. The summed E-state index contributed by atoms with van der Waals surface area (Å²) < 4.78 is 39.6. The maximum absolute atomic E-state index is 14.0. The van der Waals surface area contributed by atoms with Crippen LogP contribution in [0.3, 0.4) is 0 Å². The van der Waals surface area contributed by atoms with Gasteiger partial charge < -0.3 is 19.7 Å². The average molecular weight is 602 g/mol. The highest BCUT2D eigenvalue weighted by molar-refractivity contribution is 7.92. The number of sulfonamides is 1. The van der Waals surface area contributed by atoms with Crippen molar-refractivity contribution in [2.75, 3.05) is 31.6 Å².